The van der Waals surface area contributed by atoms with E-state index in [9.17, 15) is 18.3 Å². The molecular weight excluding hydrogens is 418 g/mol. The highest BCUT2D eigenvalue weighted by molar-refractivity contribution is 7.91. The lowest BCUT2D eigenvalue weighted by Crippen LogP contribution is -2.44. The molecule has 1 saturated carbocycles. The second-order valence-electron chi connectivity index (χ2n) is 6.67. The summed E-state index contributed by atoms with van der Waals surface area (Å²) in [6.45, 7) is 0. The smallest absolute Gasteiger partial charge is 0.325 e. The van der Waals surface area contributed by atoms with E-state index >= 15 is 0 Å². The van der Waals surface area contributed by atoms with E-state index in [0.717, 1.165) is 27.3 Å². The van der Waals surface area contributed by atoms with Gasteiger partial charge in [-0.3, -0.25) is 4.79 Å². The van der Waals surface area contributed by atoms with Crippen LogP contribution in [0.4, 0.5) is 0 Å². The molecule has 2 atom stereocenters. The average Bonchev–Trinajstić information content (AvgIpc) is 3.17. The van der Waals surface area contributed by atoms with E-state index in [1.54, 1.807) is 18.2 Å². The Kier molecular flexibility index (Phi) is 4.79. The predicted molar refractivity (Wildman–Crippen MR) is 109 cm³/mol. The first-order valence-electron chi connectivity index (χ1n) is 8.50. The number of thiophene rings is 1. The Balaban J connectivity index is 1.60. The van der Waals surface area contributed by atoms with Crippen molar-refractivity contribution in [2.75, 3.05) is 0 Å². The fourth-order valence-corrected chi connectivity index (χ4v) is 6.11. The number of hydrogen-bond donors (Lipinski definition) is 2. The molecule has 2 N–H and O–H groups in total. The summed E-state index contributed by atoms with van der Waals surface area (Å²) in [7, 11) is -3.98. The molecule has 0 aliphatic heterocycles. The Morgan fingerprint density at radius 3 is 2.39 bits per heavy atom. The Hall–Kier alpha value is -2.19. The SMILES string of the molecule is O=C(O)C1(NS(=O)(=O)c2ccc(-c3ccc(Cl)cc3)s2)C[C@H]1c1ccccc1. The van der Waals surface area contributed by atoms with E-state index in [2.05, 4.69) is 4.72 Å². The van der Waals surface area contributed by atoms with Crippen LogP contribution in [0.1, 0.15) is 17.9 Å². The van der Waals surface area contributed by atoms with Crippen LogP contribution in [-0.4, -0.2) is 25.0 Å². The second kappa shape index (κ2) is 7.00. The highest BCUT2D eigenvalue weighted by Crippen LogP contribution is 2.52. The summed E-state index contributed by atoms with van der Waals surface area (Å²) >= 11 is 6.98. The molecule has 1 aliphatic rings. The Bertz CT molecular complexity index is 1130. The third-order valence-corrected chi connectivity index (χ3v) is 8.22. The van der Waals surface area contributed by atoms with Gasteiger partial charge in [-0.2, -0.15) is 4.72 Å². The highest BCUT2D eigenvalue weighted by atomic mass is 35.5. The molecule has 0 saturated heterocycles. The minimum atomic E-state index is -3.98. The number of sulfonamides is 1. The first-order valence-corrected chi connectivity index (χ1v) is 11.2. The second-order valence-corrected chi connectivity index (χ2v) is 10.1. The van der Waals surface area contributed by atoms with E-state index in [1.807, 2.05) is 42.5 Å². The van der Waals surface area contributed by atoms with Crippen LogP contribution in [0.3, 0.4) is 0 Å². The van der Waals surface area contributed by atoms with Gasteiger partial charge in [0, 0.05) is 15.8 Å². The van der Waals surface area contributed by atoms with E-state index in [4.69, 9.17) is 11.6 Å². The molecule has 0 amide bonds. The van der Waals surface area contributed by atoms with Crippen molar-refractivity contribution in [3.8, 4) is 10.4 Å². The molecular formula is C20H16ClNO4S2. The monoisotopic (exact) mass is 433 g/mol. The summed E-state index contributed by atoms with van der Waals surface area (Å²) in [6.07, 6.45) is 0.223. The van der Waals surface area contributed by atoms with Crippen molar-refractivity contribution >= 4 is 38.9 Å². The predicted octanol–water partition coefficient (Wildman–Crippen LogP) is 4.36. The molecule has 1 heterocycles. The van der Waals surface area contributed by atoms with E-state index < -0.39 is 27.4 Å². The van der Waals surface area contributed by atoms with Crippen LogP contribution >= 0.6 is 22.9 Å². The maximum atomic E-state index is 12.9. The summed E-state index contributed by atoms with van der Waals surface area (Å²) in [4.78, 5) is 12.7. The molecule has 5 nitrogen and oxygen atoms in total. The standard InChI is InChI=1S/C20H16ClNO4S2/c21-15-8-6-14(7-9-15)17-10-11-18(27-17)28(25,26)22-20(19(23)24)12-16(20)13-4-2-1-3-5-13/h1-11,16,22H,12H2,(H,23,24)/t16-,20?/m0/s1. The highest BCUT2D eigenvalue weighted by Gasteiger charge is 2.63. The summed E-state index contributed by atoms with van der Waals surface area (Å²) < 4.78 is 28.3. The maximum Gasteiger partial charge on any atom is 0.325 e. The summed E-state index contributed by atoms with van der Waals surface area (Å²) in [5, 5.41) is 10.3. The van der Waals surface area contributed by atoms with Gasteiger partial charge in [0.1, 0.15) is 9.75 Å². The first-order chi connectivity index (χ1) is 13.3. The van der Waals surface area contributed by atoms with Crippen molar-refractivity contribution in [2.24, 2.45) is 0 Å². The third kappa shape index (κ3) is 3.46. The van der Waals surface area contributed by atoms with Crippen LogP contribution in [0.25, 0.3) is 10.4 Å². The van der Waals surface area contributed by atoms with Gasteiger partial charge in [0.2, 0.25) is 0 Å². The van der Waals surface area contributed by atoms with Crippen LogP contribution in [-0.2, 0) is 14.8 Å². The lowest BCUT2D eigenvalue weighted by molar-refractivity contribution is -0.140. The average molecular weight is 434 g/mol. The number of carbonyl (C=O) groups is 1. The summed E-state index contributed by atoms with van der Waals surface area (Å²) in [5.41, 5.74) is 0.142. The quantitative estimate of drug-likeness (QED) is 0.605. The Labute approximate surface area is 171 Å². The minimum absolute atomic E-state index is 0.0804. The van der Waals surface area contributed by atoms with Crippen LogP contribution < -0.4 is 4.72 Å². The van der Waals surface area contributed by atoms with Crippen LogP contribution in [0.2, 0.25) is 5.02 Å². The van der Waals surface area contributed by atoms with E-state index in [1.165, 1.54) is 6.07 Å². The van der Waals surface area contributed by atoms with Gasteiger partial charge in [0.25, 0.3) is 10.0 Å². The third-order valence-electron chi connectivity index (χ3n) is 4.84. The molecule has 28 heavy (non-hydrogen) atoms. The molecule has 1 aromatic heterocycles. The zero-order valence-electron chi connectivity index (χ0n) is 14.5. The van der Waals surface area contributed by atoms with Crippen LogP contribution in [0.5, 0.6) is 0 Å². The first kappa shape index (κ1) is 19.1. The van der Waals surface area contributed by atoms with Gasteiger partial charge in [0.05, 0.1) is 0 Å². The Morgan fingerprint density at radius 1 is 1.07 bits per heavy atom. The zero-order valence-corrected chi connectivity index (χ0v) is 16.9. The van der Waals surface area contributed by atoms with Gasteiger partial charge in [-0.15, -0.1) is 11.3 Å². The number of rotatable bonds is 6. The number of carboxylic acids is 1. The molecule has 8 heteroatoms. The van der Waals surface area contributed by atoms with Crippen LogP contribution in [0.15, 0.2) is 70.9 Å². The molecule has 1 unspecified atom stereocenters. The molecule has 0 bridgehead atoms. The number of halogens is 1. The van der Waals surface area contributed by atoms with E-state index in [0.29, 0.717) is 5.02 Å². The molecule has 1 fully saturated rings. The Morgan fingerprint density at radius 2 is 1.75 bits per heavy atom. The van der Waals surface area contributed by atoms with Crippen molar-refractivity contribution in [1.82, 2.24) is 4.72 Å². The molecule has 2 aromatic carbocycles. The maximum absolute atomic E-state index is 12.9. The molecule has 0 radical (unpaired) electrons. The summed E-state index contributed by atoms with van der Waals surface area (Å²) in [5.74, 6) is -1.56. The van der Waals surface area contributed by atoms with Crippen molar-refractivity contribution in [2.45, 2.75) is 22.1 Å². The van der Waals surface area contributed by atoms with Crippen molar-refractivity contribution in [3.05, 3.63) is 77.3 Å². The number of nitrogens with one attached hydrogen (secondary N) is 1. The molecule has 4 rings (SSSR count). The fraction of sp³-hybridized carbons (Fsp3) is 0.150. The molecule has 3 aromatic rings. The molecule has 1 aliphatic carbocycles. The number of benzene rings is 2. The van der Waals surface area contributed by atoms with E-state index in [-0.39, 0.29) is 10.6 Å². The van der Waals surface area contributed by atoms with Crippen molar-refractivity contribution in [1.29, 1.82) is 0 Å². The minimum Gasteiger partial charge on any atom is -0.480 e. The van der Waals surface area contributed by atoms with Gasteiger partial charge < -0.3 is 5.11 Å². The van der Waals surface area contributed by atoms with Gasteiger partial charge in [-0.25, -0.2) is 8.42 Å². The number of carboxylic acid groups (broad SMARTS) is 1. The lowest BCUT2D eigenvalue weighted by atomic mass is 10.1. The summed E-state index contributed by atoms with van der Waals surface area (Å²) in [6, 6.07) is 19.4. The lowest BCUT2D eigenvalue weighted by Gasteiger charge is -2.14. The molecule has 0 spiro atoms. The number of aliphatic carboxylic acids is 1. The number of hydrogen-bond acceptors (Lipinski definition) is 4. The van der Waals surface area contributed by atoms with Gasteiger partial charge in [-0.1, -0.05) is 54.1 Å². The van der Waals surface area contributed by atoms with Crippen LogP contribution in [0, 0.1) is 0 Å². The molecule has 144 valence electrons. The normalized spacial score (nSPS) is 21.4. The van der Waals surface area contributed by atoms with Gasteiger partial charge >= 0.3 is 5.97 Å². The van der Waals surface area contributed by atoms with Gasteiger partial charge in [0.15, 0.2) is 0 Å². The zero-order chi connectivity index (χ0) is 19.9. The van der Waals surface area contributed by atoms with Gasteiger partial charge in [-0.05, 0) is 41.8 Å². The largest absolute Gasteiger partial charge is 0.480 e. The van der Waals surface area contributed by atoms with Crippen molar-refractivity contribution in [3.63, 3.8) is 0 Å². The topological polar surface area (TPSA) is 83.5 Å². The van der Waals surface area contributed by atoms with Crippen molar-refractivity contribution < 1.29 is 18.3 Å². The fourth-order valence-electron chi connectivity index (χ4n) is 3.27.